The summed E-state index contributed by atoms with van der Waals surface area (Å²) >= 11 is 0. The molecule has 24 heavy (non-hydrogen) atoms. The van der Waals surface area contributed by atoms with Crippen LogP contribution in [0.2, 0.25) is 0 Å². The zero-order chi connectivity index (χ0) is 18.2. The van der Waals surface area contributed by atoms with E-state index in [4.69, 9.17) is 4.74 Å². The molecule has 7 nitrogen and oxygen atoms in total. The van der Waals surface area contributed by atoms with Gasteiger partial charge in [0.1, 0.15) is 11.4 Å². The average Bonchev–Trinajstić information content (AvgIpc) is 2.49. The van der Waals surface area contributed by atoms with E-state index in [-0.39, 0.29) is 0 Å². The maximum atomic E-state index is 12.2. The van der Waals surface area contributed by atoms with Gasteiger partial charge in [0.25, 0.3) is 5.91 Å². The number of carbonyl (C=O) groups is 2. The van der Waals surface area contributed by atoms with E-state index in [1.807, 2.05) is 6.92 Å². The van der Waals surface area contributed by atoms with Crippen LogP contribution < -0.4 is 10.6 Å². The standard InChI is InChI=1S/C17H27N3O4/c1-5-6-9-12(19-16(23)24-17(2,3)4)14(21)15(22)20-13-10-7-8-11-18-13/h7-8,10-12,14,21H,5-6,9H2,1-4H3,(H,19,23)(H,18,20,22)/t12-,14?/m0/s1. The van der Waals surface area contributed by atoms with Crippen LogP contribution in [0.5, 0.6) is 0 Å². The molecule has 0 aliphatic rings. The zero-order valence-electron chi connectivity index (χ0n) is 14.7. The van der Waals surface area contributed by atoms with E-state index in [2.05, 4.69) is 15.6 Å². The summed E-state index contributed by atoms with van der Waals surface area (Å²) in [5.41, 5.74) is -0.652. The Bertz CT molecular complexity index is 528. The predicted octanol–water partition coefficient (Wildman–Crippen LogP) is 2.46. The van der Waals surface area contributed by atoms with Gasteiger partial charge in [-0.3, -0.25) is 4.79 Å². The topological polar surface area (TPSA) is 101 Å². The van der Waals surface area contributed by atoms with E-state index in [9.17, 15) is 14.7 Å². The first-order chi connectivity index (χ1) is 11.2. The van der Waals surface area contributed by atoms with Gasteiger partial charge < -0.3 is 20.5 Å². The lowest BCUT2D eigenvalue weighted by Gasteiger charge is -2.26. The van der Waals surface area contributed by atoms with Gasteiger partial charge in [0.05, 0.1) is 6.04 Å². The number of aromatic nitrogens is 1. The summed E-state index contributed by atoms with van der Waals surface area (Å²) in [5, 5.41) is 15.4. The van der Waals surface area contributed by atoms with Crippen LogP contribution in [0, 0.1) is 0 Å². The minimum Gasteiger partial charge on any atom is -0.444 e. The molecule has 0 saturated heterocycles. The first-order valence-electron chi connectivity index (χ1n) is 8.12. The fraction of sp³-hybridized carbons (Fsp3) is 0.588. The van der Waals surface area contributed by atoms with Crippen LogP contribution in [0.15, 0.2) is 24.4 Å². The Labute approximate surface area is 142 Å². The van der Waals surface area contributed by atoms with Crippen LogP contribution in [0.1, 0.15) is 47.0 Å². The Hall–Kier alpha value is -2.15. The molecule has 0 bridgehead atoms. The molecule has 134 valence electrons. The van der Waals surface area contributed by atoms with E-state index < -0.39 is 29.7 Å². The summed E-state index contributed by atoms with van der Waals surface area (Å²) in [5.74, 6) is -0.279. The number of pyridine rings is 1. The van der Waals surface area contributed by atoms with Crippen LogP contribution in [0.3, 0.4) is 0 Å². The molecule has 0 aliphatic carbocycles. The number of carbonyl (C=O) groups excluding carboxylic acids is 2. The molecule has 1 rings (SSSR count). The highest BCUT2D eigenvalue weighted by Gasteiger charge is 2.29. The van der Waals surface area contributed by atoms with Gasteiger partial charge in [0, 0.05) is 6.20 Å². The Kier molecular flexibility index (Phi) is 7.64. The second kappa shape index (κ2) is 9.22. The Morgan fingerprint density at radius 2 is 2.04 bits per heavy atom. The molecule has 2 amide bonds. The molecule has 0 spiro atoms. The molecule has 1 unspecified atom stereocenters. The highest BCUT2D eigenvalue weighted by molar-refractivity contribution is 5.94. The molecule has 0 aliphatic heterocycles. The molecule has 0 fully saturated rings. The quantitative estimate of drug-likeness (QED) is 0.709. The summed E-state index contributed by atoms with van der Waals surface area (Å²) < 4.78 is 5.19. The number of aliphatic hydroxyl groups is 1. The van der Waals surface area contributed by atoms with Gasteiger partial charge in [-0.05, 0) is 39.3 Å². The Morgan fingerprint density at radius 1 is 1.33 bits per heavy atom. The van der Waals surface area contributed by atoms with Crippen molar-refractivity contribution in [2.45, 2.75) is 64.7 Å². The summed E-state index contributed by atoms with van der Waals surface area (Å²) in [6.07, 6.45) is 1.58. The molecule has 0 radical (unpaired) electrons. The van der Waals surface area contributed by atoms with Gasteiger partial charge in [-0.15, -0.1) is 0 Å². The molecule has 2 atom stereocenters. The van der Waals surface area contributed by atoms with Crippen molar-refractivity contribution in [3.8, 4) is 0 Å². The molecule has 1 aromatic rings. The number of nitrogens with zero attached hydrogens (tertiary/aromatic N) is 1. The SMILES string of the molecule is CCCC[C@H](NC(=O)OC(C)(C)C)C(O)C(=O)Nc1ccccn1. The van der Waals surface area contributed by atoms with Crippen molar-refractivity contribution in [3.05, 3.63) is 24.4 Å². The van der Waals surface area contributed by atoms with Crippen molar-refractivity contribution in [2.75, 3.05) is 5.32 Å². The smallest absolute Gasteiger partial charge is 0.407 e. The van der Waals surface area contributed by atoms with E-state index in [0.717, 1.165) is 12.8 Å². The largest absolute Gasteiger partial charge is 0.444 e. The number of amides is 2. The van der Waals surface area contributed by atoms with Crippen LogP contribution in [0.25, 0.3) is 0 Å². The van der Waals surface area contributed by atoms with Crippen molar-refractivity contribution in [3.63, 3.8) is 0 Å². The van der Waals surface area contributed by atoms with E-state index in [1.54, 1.807) is 39.0 Å². The first kappa shape index (κ1) is 19.9. The normalized spacial score (nSPS) is 13.7. The zero-order valence-corrected chi connectivity index (χ0v) is 14.7. The lowest BCUT2D eigenvalue weighted by Crippen LogP contribution is -2.50. The lowest BCUT2D eigenvalue weighted by atomic mass is 10.0. The number of aliphatic hydroxyl groups excluding tert-OH is 1. The number of hydrogen-bond acceptors (Lipinski definition) is 5. The van der Waals surface area contributed by atoms with Gasteiger partial charge in [-0.2, -0.15) is 0 Å². The third-order valence-corrected chi connectivity index (χ3v) is 3.14. The van der Waals surface area contributed by atoms with Crippen molar-refractivity contribution in [1.29, 1.82) is 0 Å². The minimum atomic E-state index is -1.40. The van der Waals surface area contributed by atoms with Gasteiger partial charge in [-0.1, -0.05) is 25.8 Å². The number of anilines is 1. The summed E-state index contributed by atoms with van der Waals surface area (Å²) in [6.45, 7) is 7.23. The third-order valence-electron chi connectivity index (χ3n) is 3.14. The monoisotopic (exact) mass is 337 g/mol. The van der Waals surface area contributed by atoms with Gasteiger partial charge in [0.15, 0.2) is 6.10 Å². The Morgan fingerprint density at radius 3 is 2.58 bits per heavy atom. The molecular formula is C17H27N3O4. The molecule has 3 N–H and O–H groups in total. The average molecular weight is 337 g/mol. The number of nitrogens with one attached hydrogen (secondary N) is 2. The molecule has 0 saturated carbocycles. The number of ether oxygens (including phenoxy) is 1. The second-order valence-corrected chi connectivity index (χ2v) is 6.54. The van der Waals surface area contributed by atoms with E-state index in [0.29, 0.717) is 12.2 Å². The highest BCUT2D eigenvalue weighted by Crippen LogP contribution is 2.11. The minimum absolute atomic E-state index is 0.341. The number of unbranched alkanes of at least 4 members (excludes halogenated alkanes) is 1. The number of hydrogen-bond donors (Lipinski definition) is 3. The van der Waals surface area contributed by atoms with Crippen LogP contribution in [-0.2, 0) is 9.53 Å². The maximum Gasteiger partial charge on any atom is 0.407 e. The lowest BCUT2D eigenvalue weighted by molar-refractivity contribution is -0.125. The maximum absolute atomic E-state index is 12.2. The third kappa shape index (κ3) is 7.41. The van der Waals surface area contributed by atoms with Crippen LogP contribution in [-0.4, -0.2) is 39.8 Å². The fourth-order valence-electron chi connectivity index (χ4n) is 2.01. The summed E-state index contributed by atoms with van der Waals surface area (Å²) in [4.78, 5) is 28.1. The molecule has 7 heteroatoms. The van der Waals surface area contributed by atoms with Crippen LogP contribution >= 0.6 is 0 Å². The van der Waals surface area contributed by atoms with Crippen molar-refractivity contribution in [2.24, 2.45) is 0 Å². The van der Waals surface area contributed by atoms with Gasteiger partial charge >= 0.3 is 6.09 Å². The first-order valence-corrected chi connectivity index (χ1v) is 8.12. The molecule has 1 aromatic heterocycles. The Balaban J connectivity index is 2.71. The summed E-state index contributed by atoms with van der Waals surface area (Å²) in [7, 11) is 0. The molecule has 1 heterocycles. The number of rotatable bonds is 7. The second-order valence-electron chi connectivity index (χ2n) is 6.54. The van der Waals surface area contributed by atoms with Crippen LogP contribution in [0.4, 0.5) is 10.6 Å². The highest BCUT2D eigenvalue weighted by atomic mass is 16.6. The molecule has 0 aromatic carbocycles. The van der Waals surface area contributed by atoms with Crippen molar-refractivity contribution < 1.29 is 19.4 Å². The van der Waals surface area contributed by atoms with Crippen molar-refractivity contribution in [1.82, 2.24) is 10.3 Å². The number of alkyl carbamates (subject to hydrolysis) is 1. The van der Waals surface area contributed by atoms with Gasteiger partial charge in [-0.25, -0.2) is 9.78 Å². The van der Waals surface area contributed by atoms with Gasteiger partial charge in [0.2, 0.25) is 0 Å². The fourth-order valence-corrected chi connectivity index (χ4v) is 2.01. The van der Waals surface area contributed by atoms with E-state index >= 15 is 0 Å². The van der Waals surface area contributed by atoms with Crippen molar-refractivity contribution >= 4 is 17.8 Å². The molecular weight excluding hydrogens is 310 g/mol. The predicted molar refractivity (Wildman–Crippen MR) is 91.6 cm³/mol. The summed E-state index contributed by atoms with van der Waals surface area (Å²) in [6, 6.07) is 4.33. The van der Waals surface area contributed by atoms with E-state index in [1.165, 1.54) is 6.20 Å².